The number of piperidine rings is 1. The molecule has 1 aromatic rings. The molecular weight excluding hydrogens is 524 g/mol. The van der Waals surface area contributed by atoms with E-state index in [-0.39, 0.29) is 24.0 Å². The maximum absolute atomic E-state index is 12.5. The van der Waals surface area contributed by atoms with Crippen molar-refractivity contribution < 1.29 is 22.6 Å². The number of nitrogens with one attached hydrogen (secondary N) is 2. The van der Waals surface area contributed by atoms with Crippen molar-refractivity contribution in [3.8, 4) is 11.5 Å². The number of alkyl halides is 3. The Morgan fingerprint density at radius 3 is 2.39 bits per heavy atom. The van der Waals surface area contributed by atoms with Crippen LogP contribution in [0.4, 0.5) is 13.2 Å². The Labute approximate surface area is 200 Å². The van der Waals surface area contributed by atoms with Crippen LogP contribution in [-0.4, -0.2) is 64.0 Å². The Hall–Kier alpha value is -1.43. The summed E-state index contributed by atoms with van der Waals surface area (Å²) in [4.78, 5) is 6.11. The van der Waals surface area contributed by atoms with E-state index < -0.39 is 12.7 Å². The molecule has 1 aliphatic rings. The fourth-order valence-electron chi connectivity index (χ4n) is 3.57. The van der Waals surface area contributed by atoms with Crippen molar-refractivity contribution in [2.75, 3.05) is 46.9 Å². The maximum atomic E-state index is 12.5. The highest BCUT2D eigenvalue weighted by Crippen LogP contribution is 2.28. The first-order chi connectivity index (χ1) is 14.3. The second-order valence-electron chi connectivity index (χ2n) is 7.43. The summed E-state index contributed by atoms with van der Waals surface area (Å²) >= 11 is 0. The molecule has 31 heavy (non-hydrogen) atoms. The zero-order valence-corrected chi connectivity index (χ0v) is 20.8. The molecule has 0 saturated carbocycles. The van der Waals surface area contributed by atoms with Gasteiger partial charge in [-0.2, -0.15) is 13.2 Å². The van der Waals surface area contributed by atoms with Gasteiger partial charge in [0.2, 0.25) is 0 Å². The van der Waals surface area contributed by atoms with Crippen LogP contribution < -0.4 is 20.1 Å². The Kier molecular flexibility index (Phi) is 12.3. The van der Waals surface area contributed by atoms with Crippen molar-refractivity contribution >= 4 is 29.9 Å². The van der Waals surface area contributed by atoms with Gasteiger partial charge in [0.05, 0.1) is 27.3 Å². The van der Waals surface area contributed by atoms with E-state index in [9.17, 15) is 13.2 Å². The van der Waals surface area contributed by atoms with Gasteiger partial charge in [-0.1, -0.05) is 6.07 Å². The van der Waals surface area contributed by atoms with Gasteiger partial charge < -0.3 is 20.1 Å². The van der Waals surface area contributed by atoms with Crippen LogP contribution in [0.1, 0.15) is 31.7 Å². The van der Waals surface area contributed by atoms with Gasteiger partial charge in [-0.25, -0.2) is 4.99 Å². The minimum Gasteiger partial charge on any atom is -0.493 e. The van der Waals surface area contributed by atoms with E-state index in [1.165, 1.54) is 4.90 Å². The minimum atomic E-state index is -4.11. The third kappa shape index (κ3) is 10.2. The fourth-order valence-corrected chi connectivity index (χ4v) is 3.57. The quantitative estimate of drug-likeness (QED) is 0.272. The summed E-state index contributed by atoms with van der Waals surface area (Å²) in [6, 6.07) is 5.71. The van der Waals surface area contributed by atoms with Crippen LogP contribution in [-0.2, 0) is 6.54 Å². The maximum Gasteiger partial charge on any atom is 0.401 e. The molecule has 0 unspecified atom stereocenters. The highest BCUT2D eigenvalue weighted by molar-refractivity contribution is 14.0. The molecule has 0 atom stereocenters. The topological polar surface area (TPSA) is 58.1 Å². The normalized spacial score (nSPS) is 15.9. The summed E-state index contributed by atoms with van der Waals surface area (Å²) in [5, 5.41) is 6.55. The summed E-state index contributed by atoms with van der Waals surface area (Å²) in [6.07, 6.45) is -1.59. The molecular formula is C21H34F3IN4O2. The number of methoxy groups -OCH3 is 2. The molecule has 0 aliphatic carbocycles. The average Bonchev–Trinajstić information content (AvgIpc) is 2.72. The van der Waals surface area contributed by atoms with Gasteiger partial charge in [-0.3, -0.25) is 4.90 Å². The van der Waals surface area contributed by atoms with E-state index in [0.717, 1.165) is 43.9 Å². The molecule has 0 bridgehead atoms. The van der Waals surface area contributed by atoms with Crippen molar-refractivity contribution in [1.29, 1.82) is 0 Å². The first-order valence-electron chi connectivity index (χ1n) is 10.4. The number of benzene rings is 1. The van der Waals surface area contributed by atoms with Crippen molar-refractivity contribution in [3.05, 3.63) is 23.8 Å². The molecule has 1 saturated heterocycles. The van der Waals surface area contributed by atoms with Gasteiger partial charge >= 0.3 is 6.18 Å². The minimum absolute atomic E-state index is 0. The number of halogens is 4. The highest BCUT2D eigenvalue weighted by Gasteiger charge is 2.32. The molecule has 1 fully saturated rings. The second kappa shape index (κ2) is 13.9. The summed E-state index contributed by atoms with van der Waals surface area (Å²) in [5.41, 5.74) is 1.00. The Morgan fingerprint density at radius 2 is 1.81 bits per heavy atom. The zero-order valence-electron chi connectivity index (χ0n) is 18.4. The van der Waals surface area contributed by atoms with Crippen LogP contribution in [0.15, 0.2) is 23.2 Å². The molecule has 0 radical (unpaired) electrons. The SMILES string of the molecule is CCNC(=NCc1ccc(OC)c(OC)c1)NCCC1CCN(CC(F)(F)F)CC1.I. The van der Waals surface area contributed by atoms with Gasteiger partial charge in [0, 0.05) is 13.1 Å². The van der Waals surface area contributed by atoms with Gasteiger partial charge in [-0.15, -0.1) is 24.0 Å². The second-order valence-corrected chi connectivity index (χ2v) is 7.43. The first-order valence-corrected chi connectivity index (χ1v) is 10.4. The summed E-state index contributed by atoms with van der Waals surface area (Å²) in [5.74, 6) is 2.51. The third-order valence-electron chi connectivity index (χ3n) is 5.17. The molecule has 6 nitrogen and oxygen atoms in total. The van der Waals surface area contributed by atoms with Crippen LogP contribution in [0, 0.1) is 5.92 Å². The highest BCUT2D eigenvalue weighted by atomic mass is 127. The van der Waals surface area contributed by atoms with E-state index >= 15 is 0 Å². The predicted octanol–water partition coefficient (Wildman–Crippen LogP) is 4.04. The number of ether oxygens (including phenoxy) is 2. The molecule has 0 amide bonds. The van der Waals surface area contributed by atoms with Crippen molar-refractivity contribution in [3.63, 3.8) is 0 Å². The number of rotatable bonds is 9. The van der Waals surface area contributed by atoms with Gasteiger partial charge in [0.1, 0.15) is 0 Å². The van der Waals surface area contributed by atoms with E-state index in [1.807, 2.05) is 25.1 Å². The van der Waals surface area contributed by atoms with Gasteiger partial charge in [0.15, 0.2) is 17.5 Å². The molecule has 1 aromatic carbocycles. The summed E-state index contributed by atoms with van der Waals surface area (Å²) in [6.45, 7) is 4.20. The van der Waals surface area contributed by atoms with Crippen molar-refractivity contribution in [1.82, 2.24) is 15.5 Å². The lowest BCUT2D eigenvalue weighted by Gasteiger charge is -2.32. The van der Waals surface area contributed by atoms with Crippen LogP contribution in [0.2, 0.25) is 0 Å². The summed E-state index contributed by atoms with van der Waals surface area (Å²) in [7, 11) is 3.20. The predicted molar refractivity (Wildman–Crippen MR) is 128 cm³/mol. The monoisotopic (exact) mass is 558 g/mol. The van der Waals surface area contributed by atoms with Crippen LogP contribution in [0.25, 0.3) is 0 Å². The average molecular weight is 558 g/mol. The fraction of sp³-hybridized carbons (Fsp3) is 0.667. The molecule has 0 aromatic heterocycles. The van der Waals surface area contributed by atoms with E-state index in [0.29, 0.717) is 37.1 Å². The molecule has 1 aliphatic heterocycles. The zero-order chi connectivity index (χ0) is 22.0. The van der Waals surface area contributed by atoms with Crippen LogP contribution in [0.3, 0.4) is 0 Å². The number of aliphatic imine (C=N–C) groups is 1. The van der Waals surface area contributed by atoms with Crippen LogP contribution >= 0.6 is 24.0 Å². The van der Waals surface area contributed by atoms with E-state index in [4.69, 9.17) is 9.47 Å². The lowest BCUT2D eigenvalue weighted by atomic mass is 9.93. The van der Waals surface area contributed by atoms with Crippen molar-refractivity contribution in [2.24, 2.45) is 10.9 Å². The number of hydrogen-bond donors (Lipinski definition) is 2. The standard InChI is InChI=1S/C21H33F3N4O2.HI/c1-4-25-20(27-14-17-5-6-18(29-2)19(13-17)30-3)26-10-7-16-8-11-28(12-9-16)15-21(22,23)24;/h5-6,13,16H,4,7-12,14-15H2,1-3H3,(H2,25,26,27);1H. The lowest BCUT2D eigenvalue weighted by molar-refractivity contribution is -0.148. The molecule has 2 rings (SSSR count). The molecule has 10 heteroatoms. The largest absolute Gasteiger partial charge is 0.493 e. The number of likely N-dealkylation sites (tertiary alicyclic amines) is 1. The van der Waals surface area contributed by atoms with Crippen LogP contribution in [0.5, 0.6) is 11.5 Å². The molecule has 178 valence electrons. The van der Waals surface area contributed by atoms with E-state index in [2.05, 4.69) is 15.6 Å². The number of nitrogens with zero attached hydrogens (tertiary/aromatic N) is 2. The van der Waals surface area contributed by atoms with Crippen molar-refractivity contribution in [2.45, 2.75) is 38.9 Å². The third-order valence-corrected chi connectivity index (χ3v) is 5.17. The number of hydrogen-bond acceptors (Lipinski definition) is 4. The Balaban J connectivity index is 0.00000480. The molecule has 0 spiro atoms. The number of guanidine groups is 1. The van der Waals surface area contributed by atoms with E-state index in [1.54, 1.807) is 14.2 Å². The Morgan fingerprint density at radius 1 is 1.13 bits per heavy atom. The smallest absolute Gasteiger partial charge is 0.401 e. The first kappa shape index (κ1) is 27.6. The van der Waals surface area contributed by atoms with Gasteiger partial charge in [-0.05, 0) is 62.9 Å². The molecule has 2 N–H and O–H groups in total. The Bertz CT molecular complexity index is 681. The molecule has 1 heterocycles. The lowest BCUT2D eigenvalue weighted by Crippen LogP contribution is -2.41. The van der Waals surface area contributed by atoms with Gasteiger partial charge in [0.25, 0.3) is 0 Å². The summed E-state index contributed by atoms with van der Waals surface area (Å²) < 4.78 is 48.1.